The van der Waals surface area contributed by atoms with Gasteiger partial charge in [0.25, 0.3) is 0 Å². The first-order chi connectivity index (χ1) is 9.58. The van der Waals surface area contributed by atoms with Crippen LogP contribution in [0.4, 0.5) is 11.4 Å². The molecule has 0 fully saturated rings. The number of rotatable bonds is 8. The van der Waals surface area contributed by atoms with Gasteiger partial charge in [-0.05, 0) is 50.0 Å². The average Bonchev–Trinajstić information content (AvgIpc) is 2.41. The highest BCUT2D eigenvalue weighted by Gasteiger charge is 2.14. The van der Waals surface area contributed by atoms with Crippen LogP contribution in [0.3, 0.4) is 0 Å². The SMILES string of the molecule is CCOC(=O)c1cc(N)ccc1NC(C)CCSCC. The van der Waals surface area contributed by atoms with E-state index >= 15 is 0 Å². The molecule has 0 radical (unpaired) electrons. The molecule has 1 unspecified atom stereocenters. The van der Waals surface area contributed by atoms with E-state index in [9.17, 15) is 4.79 Å². The van der Waals surface area contributed by atoms with Crippen molar-refractivity contribution in [2.45, 2.75) is 33.2 Å². The van der Waals surface area contributed by atoms with Gasteiger partial charge in [-0.15, -0.1) is 0 Å². The number of nitrogens with two attached hydrogens (primary N) is 1. The summed E-state index contributed by atoms with van der Waals surface area (Å²) in [6.45, 7) is 6.42. The van der Waals surface area contributed by atoms with Crippen molar-refractivity contribution in [3.05, 3.63) is 23.8 Å². The zero-order valence-electron chi connectivity index (χ0n) is 12.4. The molecule has 0 bridgehead atoms. The first-order valence-corrected chi connectivity index (χ1v) is 8.14. The van der Waals surface area contributed by atoms with E-state index in [2.05, 4.69) is 19.2 Å². The zero-order valence-corrected chi connectivity index (χ0v) is 13.3. The number of thioether (sulfide) groups is 1. The maximum Gasteiger partial charge on any atom is 0.340 e. The Morgan fingerprint density at radius 3 is 2.85 bits per heavy atom. The summed E-state index contributed by atoms with van der Waals surface area (Å²) in [5, 5.41) is 3.37. The van der Waals surface area contributed by atoms with Crippen molar-refractivity contribution in [2.75, 3.05) is 29.2 Å². The van der Waals surface area contributed by atoms with Crippen LogP contribution in [0.5, 0.6) is 0 Å². The monoisotopic (exact) mass is 296 g/mol. The third kappa shape index (κ3) is 5.33. The Morgan fingerprint density at radius 1 is 1.45 bits per heavy atom. The highest BCUT2D eigenvalue weighted by atomic mass is 32.2. The van der Waals surface area contributed by atoms with Crippen LogP contribution in [0.15, 0.2) is 18.2 Å². The van der Waals surface area contributed by atoms with E-state index < -0.39 is 0 Å². The molecule has 0 aliphatic rings. The summed E-state index contributed by atoms with van der Waals surface area (Å²) in [5.74, 6) is 1.90. The molecule has 0 aliphatic heterocycles. The van der Waals surface area contributed by atoms with E-state index in [1.54, 1.807) is 19.1 Å². The van der Waals surface area contributed by atoms with Gasteiger partial charge in [0.1, 0.15) is 0 Å². The Morgan fingerprint density at radius 2 is 2.20 bits per heavy atom. The Labute approximate surface area is 125 Å². The van der Waals surface area contributed by atoms with Crippen LogP contribution in [-0.4, -0.2) is 30.1 Å². The minimum absolute atomic E-state index is 0.297. The minimum atomic E-state index is -0.336. The molecule has 20 heavy (non-hydrogen) atoms. The standard InChI is InChI=1S/C15H24N2O2S/c1-4-19-15(18)13-10-12(16)6-7-14(13)17-11(3)8-9-20-5-2/h6-7,10-11,17H,4-5,8-9,16H2,1-3H3. The maximum absolute atomic E-state index is 11.9. The fourth-order valence-electron chi connectivity index (χ4n) is 1.81. The third-order valence-electron chi connectivity index (χ3n) is 2.84. The van der Waals surface area contributed by atoms with Crippen LogP contribution in [0.25, 0.3) is 0 Å². The molecule has 112 valence electrons. The predicted octanol–water partition coefficient (Wildman–Crippen LogP) is 3.39. The van der Waals surface area contributed by atoms with Gasteiger partial charge >= 0.3 is 5.97 Å². The molecule has 0 spiro atoms. The number of hydrogen-bond acceptors (Lipinski definition) is 5. The van der Waals surface area contributed by atoms with Gasteiger partial charge in [-0.25, -0.2) is 4.79 Å². The summed E-state index contributed by atoms with van der Waals surface area (Å²) in [5.41, 5.74) is 7.60. The molecule has 1 aromatic rings. The van der Waals surface area contributed by atoms with Crippen LogP contribution in [0.1, 0.15) is 37.6 Å². The number of carbonyl (C=O) groups is 1. The lowest BCUT2D eigenvalue weighted by Gasteiger charge is -2.17. The lowest BCUT2D eigenvalue weighted by molar-refractivity contribution is 0.0527. The molecule has 3 N–H and O–H groups in total. The number of hydrogen-bond donors (Lipinski definition) is 2. The number of ether oxygens (including phenoxy) is 1. The molecule has 1 rings (SSSR count). The number of nitrogens with one attached hydrogen (secondary N) is 1. The Kier molecular flexibility index (Phi) is 7.30. The number of benzene rings is 1. The second-order valence-corrected chi connectivity index (χ2v) is 5.95. The third-order valence-corrected chi connectivity index (χ3v) is 3.77. The molecule has 0 saturated heterocycles. The number of anilines is 2. The van der Waals surface area contributed by atoms with Gasteiger partial charge in [-0.2, -0.15) is 11.8 Å². The van der Waals surface area contributed by atoms with E-state index in [-0.39, 0.29) is 5.97 Å². The van der Waals surface area contributed by atoms with Gasteiger partial charge in [-0.3, -0.25) is 0 Å². The largest absolute Gasteiger partial charge is 0.462 e. The minimum Gasteiger partial charge on any atom is -0.462 e. The molecule has 1 aromatic carbocycles. The zero-order chi connectivity index (χ0) is 15.0. The summed E-state index contributed by atoms with van der Waals surface area (Å²) in [6.07, 6.45) is 1.05. The van der Waals surface area contributed by atoms with Crippen molar-refractivity contribution in [1.29, 1.82) is 0 Å². The van der Waals surface area contributed by atoms with Gasteiger partial charge in [0.05, 0.1) is 12.2 Å². The van der Waals surface area contributed by atoms with E-state index in [1.165, 1.54) is 0 Å². The topological polar surface area (TPSA) is 64.3 Å². The van der Waals surface area contributed by atoms with E-state index in [0.717, 1.165) is 23.6 Å². The van der Waals surface area contributed by atoms with E-state index in [0.29, 0.717) is 23.9 Å². The van der Waals surface area contributed by atoms with Crippen LogP contribution in [-0.2, 0) is 4.74 Å². The van der Waals surface area contributed by atoms with Gasteiger partial charge < -0.3 is 15.8 Å². The Hall–Kier alpha value is -1.36. The van der Waals surface area contributed by atoms with Crippen LogP contribution < -0.4 is 11.1 Å². The van der Waals surface area contributed by atoms with Crippen molar-refractivity contribution in [3.63, 3.8) is 0 Å². The molecule has 0 heterocycles. The molecule has 0 aromatic heterocycles. The van der Waals surface area contributed by atoms with Crippen molar-refractivity contribution in [1.82, 2.24) is 0 Å². The Balaban J connectivity index is 2.75. The molecule has 4 nitrogen and oxygen atoms in total. The Bertz CT molecular complexity index is 438. The fourth-order valence-corrected chi connectivity index (χ4v) is 2.62. The number of carbonyl (C=O) groups excluding carboxylic acids is 1. The summed E-state index contributed by atoms with van der Waals surface area (Å²) in [4.78, 5) is 11.9. The van der Waals surface area contributed by atoms with Crippen molar-refractivity contribution in [3.8, 4) is 0 Å². The summed E-state index contributed by atoms with van der Waals surface area (Å²) < 4.78 is 5.07. The van der Waals surface area contributed by atoms with Gasteiger partial charge in [0.15, 0.2) is 0 Å². The number of esters is 1. The van der Waals surface area contributed by atoms with Crippen molar-refractivity contribution < 1.29 is 9.53 Å². The molecule has 5 heteroatoms. The predicted molar refractivity (Wildman–Crippen MR) is 87.5 cm³/mol. The highest BCUT2D eigenvalue weighted by molar-refractivity contribution is 7.99. The van der Waals surface area contributed by atoms with Crippen LogP contribution >= 0.6 is 11.8 Å². The lowest BCUT2D eigenvalue weighted by Crippen LogP contribution is -2.19. The summed E-state index contributed by atoms with van der Waals surface area (Å²) in [7, 11) is 0. The molecular formula is C15H24N2O2S. The van der Waals surface area contributed by atoms with Gasteiger partial charge in [0.2, 0.25) is 0 Å². The van der Waals surface area contributed by atoms with E-state index in [4.69, 9.17) is 10.5 Å². The van der Waals surface area contributed by atoms with Crippen LogP contribution in [0, 0.1) is 0 Å². The van der Waals surface area contributed by atoms with Crippen molar-refractivity contribution >= 4 is 29.1 Å². The maximum atomic E-state index is 11.9. The van der Waals surface area contributed by atoms with Crippen LogP contribution in [0.2, 0.25) is 0 Å². The normalized spacial score (nSPS) is 11.9. The molecule has 0 aliphatic carbocycles. The summed E-state index contributed by atoms with van der Waals surface area (Å²) >= 11 is 1.92. The lowest BCUT2D eigenvalue weighted by atomic mass is 10.1. The second-order valence-electron chi connectivity index (χ2n) is 4.56. The van der Waals surface area contributed by atoms with E-state index in [1.807, 2.05) is 17.8 Å². The molecular weight excluding hydrogens is 272 g/mol. The summed E-state index contributed by atoms with van der Waals surface area (Å²) in [6, 6.07) is 5.59. The van der Waals surface area contributed by atoms with Gasteiger partial charge in [0, 0.05) is 17.4 Å². The fraction of sp³-hybridized carbons (Fsp3) is 0.533. The molecule has 0 saturated carbocycles. The first kappa shape index (κ1) is 16.7. The van der Waals surface area contributed by atoms with Crippen molar-refractivity contribution in [2.24, 2.45) is 0 Å². The molecule has 1 atom stereocenters. The quantitative estimate of drug-likeness (QED) is 0.437. The first-order valence-electron chi connectivity index (χ1n) is 6.99. The second kappa shape index (κ2) is 8.74. The smallest absolute Gasteiger partial charge is 0.340 e. The average molecular weight is 296 g/mol. The van der Waals surface area contributed by atoms with Gasteiger partial charge in [-0.1, -0.05) is 6.92 Å². The molecule has 0 amide bonds. The highest BCUT2D eigenvalue weighted by Crippen LogP contribution is 2.21. The number of nitrogen functional groups attached to an aromatic ring is 1.